The molecule has 20 heavy (non-hydrogen) atoms. The molecule has 0 saturated carbocycles. The Morgan fingerprint density at radius 2 is 1.95 bits per heavy atom. The Bertz CT molecular complexity index is 446. The molecule has 0 radical (unpaired) electrons. The summed E-state index contributed by atoms with van der Waals surface area (Å²) in [6.07, 6.45) is -3.26. The number of halogens is 4. The van der Waals surface area contributed by atoms with Crippen molar-refractivity contribution in [3.05, 3.63) is 29.6 Å². The normalized spacial score (nSPS) is 11.7. The SMILES string of the molecule is CC(C)(CCN)NC(=O)c1ccc(C(F)(F)F)cn1.Cl. The maximum atomic E-state index is 12.3. The van der Waals surface area contributed by atoms with Gasteiger partial charge >= 0.3 is 6.18 Å². The average Bonchev–Trinajstić information content (AvgIpc) is 2.27. The minimum Gasteiger partial charge on any atom is -0.346 e. The van der Waals surface area contributed by atoms with Crippen LogP contribution in [-0.4, -0.2) is 23.0 Å². The molecule has 1 aromatic rings. The van der Waals surface area contributed by atoms with Crippen LogP contribution >= 0.6 is 12.4 Å². The summed E-state index contributed by atoms with van der Waals surface area (Å²) in [6, 6.07) is 1.88. The summed E-state index contributed by atoms with van der Waals surface area (Å²) in [5.74, 6) is -0.521. The molecular weight excluding hydrogens is 295 g/mol. The van der Waals surface area contributed by atoms with Crippen LogP contribution in [0, 0.1) is 0 Å². The molecule has 8 heteroatoms. The lowest BCUT2D eigenvalue weighted by atomic mass is 10.0. The summed E-state index contributed by atoms with van der Waals surface area (Å²) in [7, 11) is 0. The van der Waals surface area contributed by atoms with Gasteiger partial charge in [0, 0.05) is 11.7 Å². The van der Waals surface area contributed by atoms with Crippen LogP contribution in [0.4, 0.5) is 13.2 Å². The molecule has 1 amide bonds. The first kappa shape index (κ1) is 18.7. The van der Waals surface area contributed by atoms with Crippen molar-refractivity contribution in [3.63, 3.8) is 0 Å². The molecule has 0 aromatic carbocycles. The van der Waals surface area contributed by atoms with Crippen molar-refractivity contribution in [3.8, 4) is 0 Å². The molecule has 1 aromatic heterocycles. The highest BCUT2D eigenvalue weighted by molar-refractivity contribution is 5.92. The Morgan fingerprint density at radius 3 is 2.35 bits per heavy atom. The van der Waals surface area contributed by atoms with E-state index >= 15 is 0 Å². The van der Waals surface area contributed by atoms with Gasteiger partial charge in [0.2, 0.25) is 0 Å². The fraction of sp³-hybridized carbons (Fsp3) is 0.500. The lowest BCUT2D eigenvalue weighted by Crippen LogP contribution is -2.45. The standard InChI is InChI=1S/C12H16F3N3O.ClH/c1-11(2,5-6-16)18-10(19)9-4-3-8(7-17-9)12(13,14)15;/h3-4,7H,5-6,16H2,1-2H3,(H,18,19);1H. The molecule has 0 saturated heterocycles. The van der Waals surface area contributed by atoms with Crippen LogP contribution in [0.3, 0.4) is 0 Å². The lowest BCUT2D eigenvalue weighted by molar-refractivity contribution is -0.137. The molecule has 0 fully saturated rings. The summed E-state index contributed by atoms with van der Waals surface area (Å²) >= 11 is 0. The summed E-state index contributed by atoms with van der Waals surface area (Å²) in [6.45, 7) is 3.96. The Labute approximate surface area is 121 Å². The van der Waals surface area contributed by atoms with Crippen molar-refractivity contribution in [2.75, 3.05) is 6.54 Å². The zero-order valence-electron chi connectivity index (χ0n) is 11.1. The summed E-state index contributed by atoms with van der Waals surface area (Å²) in [5, 5.41) is 2.67. The van der Waals surface area contributed by atoms with Crippen molar-refractivity contribution < 1.29 is 18.0 Å². The van der Waals surface area contributed by atoms with Crippen LogP contribution in [0.15, 0.2) is 18.3 Å². The molecule has 0 spiro atoms. The first-order valence-corrected chi connectivity index (χ1v) is 5.71. The molecule has 114 valence electrons. The van der Waals surface area contributed by atoms with Crippen LogP contribution in [0.25, 0.3) is 0 Å². The lowest BCUT2D eigenvalue weighted by Gasteiger charge is -2.25. The van der Waals surface area contributed by atoms with Crippen molar-refractivity contribution in [2.24, 2.45) is 5.73 Å². The predicted octanol–water partition coefficient (Wildman–Crippen LogP) is 2.38. The second kappa shape index (κ2) is 6.90. The monoisotopic (exact) mass is 311 g/mol. The first-order valence-electron chi connectivity index (χ1n) is 5.71. The Morgan fingerprint density at radius 1 is 1.35 bits per heavy atom. The maximum Gasteiger partial charge on any atom is 0.417 e. The Balaban J connectivity index is 0.00000361. The summed E-state index contributed by atoms with van der Waals surface area (Å²) in [5.41, 5.74) is 3.93. The van der Waals surface area contributed by atoms with E-state index in [0.29, 0.717) is 19.2 Å². The van der Waals surface area contributed by atoms with E-state index in [4.69, 9.17) is 5.73 Å². The smallest absolute Gasteiger partial charge is 0.346 e. The molecular formula is C12H17ClF3N3O. The number of amides is 1. The fourth-order valence-corrected chi connectivity index (χ4v) is 1.49. The minimum absolute atomic E-state index is 0. The van der Waals surface area contributed by atoms with E-state index in [9.17, 15) is 18.0 Å². The topological polar surface area (TPSA) is 68.0 Å². The third-order valence-electron chi connectivity index (χ3n) is 2.54. The Kier molecular flexibility index (Phi) is 6.43. The Hall–Kier alpha value is -1.34. The summed E-state index contributed by atoms with van der Waals surface area (Å²) < 4.78 is 37.0. The average molecular weight is 312 g/mol. The van der Waals surface area contributed by atoms with Gasteiger partial charge in [-0.25, -0.2) is 0 Å². The molecule has 0 aliphatic carbocycles. The molecule has 0 aliphatic rings. The second-order valence-corrected chi connectivity index (χ2v) is 4.81. The molecule has 3 N–H and O–H groups in total. The molecule has 0 bridgehead atoms. The highest BCUT2D eigenvalue weighted by Crippen LogP contribution is 2.28. The van der Waals surface area contributed by atoms with Gasteiger partial charge in [0.05, 0.1) is 5.56 Å². The molecule has 0 aliphatic heterocycles. The van der Waals surface area contributed by atoms with Crippen LogP contribution in [0.2, 0.25) is 0 Å². The number of hydrogen-bond acceptors (Lipinski definition) is 3. The van der Waals surface area contributed by atoms with Gasteiger partial charge in [-0.15, -0.1) is 12.4 Å². The largest absolute Gasteiger partial charge is 0.417 e. The molecule has 1 rings (SSSR count). The van der Waals surface area contributed by atoms with E-state index in [-0.39, 0.29) is 18.1 Å². The van der Waals surface area contributed by atoms with E-state index in [1.54, 1.807) is 13.8 Å². The highest BCUT2D eigenvalue weighted by atomic mass is 35.5. The second-order valence-electron chi connectivity index (χ2n) is 4.81. The van der Waals surface area contributed by atoms with E-state index in [1.165, 1.54) is 0 Å². The number of hydrogen-bond donors (Lipinski definition) is 2. The van der Waals surface area contributed by atoms with Gasteiger partial charge in [-0.05, 0) is 38.9 Å². The van der Waals surface area contributed by atoms with E-state index in [1.807, 2.05) is 0 Å². The van der Waals surface area contributed by atoms with Gasteiger partial charge in [0.25, 0.3) is 5.91 Å². The van der Waals surface area contributed by atoms with Crippen LogP contribution in [-0.2, 0) is 6.18 Å². The van der Waals surface area contributed by atoms with E-state index < -0.39 is 23.2 Å². The minimum atomic E-state index is -4.46. The zero-order chi connectivity index (χ0) is 14.7. The highest BCUT2D eigenvalue weighted by Gasteiger charge is 2.31. The van der Waals surface area contributed by atoms with Crippen LogP contribution in [0.5, 0.6) is 0 Å². The van der Waals surface area contributed by atoms with Gasteiger partial charge in [0.1, 0.15) is 5.69 Å². The number of nitrogens with two attached hydrogens (primary N) is 1. The first-order chi connectivity index (χ1) is 8.65. The van der Waals surface area contributed by atoms with Crippen molar-refractivity contribution in [2.45, 2.75) is 32.0 Å². The van der Waals surface area contributed by atoms with Crippen LogP contribution < -0.4 is 11.1 Å². The van der Waals surface area contributed by atoms with Crippen molar-refractivity contribution >= 4 is 18.3 Å². The quantitative estimate of drug-likeness (QED) is 0.897. The van der Waals surface area contributed by atoms with Gasteiger partial charge in [0.15, 0.2) is 0 Å². The number of nitrogens with zero attached hydrogens (tertiary/aromatic N) is 1. The van der Waals surface area contributed by atoms with E-state index in [2.05, 4.69) is 10.3 Å². The number of rotatable bonds is 4. The molecule has 0 atom stereocenters. The molecule has 0 unspecified atom stereocenters. The van der Waals surface area contributed by atoms with Crippen molar-refractivity contribution in [1.29, 1.82) is 0 Å². The van der Waals surface area contributed by atoms with Gasteiger partial charge < -0.3 is 11.1 Å². The van der Waals surface area contributed by atoms with Crippen LogP contribution in [0.1, 0.15) is 36.3 Å². The number of pyridine rings is 1. The van der Waals surface area contributed by atoms with Gasteiger partial charge in [-0.2, -0.15) is 13.2 Å². The van der Waals surface area contributed by atoms with E-state index in [0.717, 1.165) is 12.1 Å². The summed E-state index contributed by atoms with van der Waals surface area (Å²) in [4.78, 5) is 15.3. The number of carbonyl (C=O) groups is 1. The number of carbonyl (C=O) groups excluding carboxylic acids is 1. The molecule has 1 heterocycles. The zero-order valence-corrected chi connectivity index (χ0v) is 11.9. The fourth-order valence-electron chi connectivity index (χ4n) is 1.49. The third-order valence-corrected chi connectivity index (χ3v) is 2.54. The maximum absolute atomic E-state index is 12.3. The third kappa shape index (κ3) is 5.34. The van der Waals surface area contributed by atoms with Gasteiger partial charge in [-0.1, -0.05) is 0 Å². The number of alkyl halides is 3. The van der Waals surface area contributed by atoms with Gasteiger partial charge in [-0.3, -0.25) is 9.78 Å². The van der Waals surface area contributed by atoms with Crippen molar-refractivity contribution in [1.82, 2.24) is 10.3 Å². The number of aromatic nitrogens is 1. The predicted molar refractivity (Wildman–Crippen MR) is 71.7 cm³/mol. The molecule has 4 nitrogen and oxygen atoms in total. The number of nitrogens with one attached hydrogen (secondary N) is 1.